The zero-order chi connectivity index (χ0) is 10.8. The van der Waals surface area contributed by atoms with Gasteiger partial charge < -0.3 is 13.6 Å². The second kappa shape index (κ2) is 8.92. The first kappa shape index (κ1) is 13.3. The fourth-order valence-corrected chi connectivity index (χ4v) is 0.990. The Bertz CT molecular complexity index is 182. The van der Waals surface area contributed by atoms with Crippen LogP contribution < -0.4 is 0 Å². The lowest BCUT2D eigenvalue weighted by atomic mass is 10.4. The van der Waals surface area contributed by atoms with E-state index < -0.39 is 0 Å². The molecule has 0 aliphatic carbocycles. The second-order valence-corrected chi connectivity index (χ2v) is 3.38. The van der Waals surface area contributed by atoms with E-state index in [0.29, 0.717) is 31.8 Å². The van der Waals surface area contributed by atoms with Gasteiger partial charge in [-0.2, -0.15) is 0 Å². The molecule has 0 saturated carbocycles. The van der Waals surface area contributed by atoms with Gasteiger partial charge in [-0.3, -0.25) is 0 Å². The number of hydrogen-bond donors (Lipinski definition) is 0. The molecule has 0 rings (SSSR count). The van der Waals surface area contributed by atoms with Crippen molar-refractivity contribution >= 4 is 16.0 Å². The van der Waals surface area contributed by atoms with Gasteiger partial charge in [0.15, 0.2) is 0 Å². The van der Waals surface area contributed by atoms with Crippen LogP contribution in [0.4, 0.5) is 0 Å². The molecule has 0 bridgehead atoms. The van der Waals surface area contributed by atoms with E-state index in [1.54, 1.807) is 6.92 Å². The number of carbonyl (C=O) groups excluding carboxylic acids is 1. The molecule has 0 aromatic heterocycles. The van der Waals surface area contributed by atoms with Crippen molar-refractivity contribution in [3.05, 3.63) is 12.2 Å². The Kier molecular flexibility index (Phi) is 8.51. The van der Waals surface area contributed by atoms with Gasteiger partial charge in [0.2, 0.25) is 0 Å². The van der Waals surface area contributed by atoms with Gasteiger partial charge in [-0.05, 0) is 13.8 Å². The molecular weight excluding hydrogens is 200 g/mol. The molecule has 0 unspecified atom stereocenters. The third-order valence-corrected chi connectivity index (χ3v) is 1.96. The minimum absolute atomic E-state index is 0.0753. The van der Waals surface area contributed by atoms with Crippen LogP contribution in [0.1, 0.15) is 20.3 Å². The van der Waals surface area contributed by atoms with Crippen molar-refractivity contribution in [1.29, 1.82) is 0 Å². The molecule has 0 N–H and O–H groups in total. The summed E-state index contributed by atoms with van der Waals surface area (Å²) >= 11 is 0. The maximum atomic E-state index is 10.9. The van der Waals surface area contributed by atoms with E-state index >= 15 is 0 Å². The Hall–Kier alpha value is -0.653. The van der Waals surface area contributed by atoms with E-state index in [1.807, 2.05) is 6.92 Å². The minimum atomic E-state index is -0.350. The van der Waals surface area contributed by atoms with Gasteiger partial charge in [-0.15, -0.1) is 0 Å². The minimum Gasteiger partial charge on any atom is -0.462 e. The Balaban J connectivity index is 3.13. The van der Waals surface area contributed by atoms with Crippen LogP contribution in [0.15, 0.2) is 12.2 Å². The third kappa shape index (κ3) is 7.97. The van der Waals surface area contributed by atoms with Gasteiger partial charge in [0.1, 0.15) is 0 Å². The van der Waals surface area contributed by atoms with Crippen LogP contribution in [0.25, 0.3) is 0 Å². The number of hydrogen-bond acceptors (Lipinski definition) is 4. The molecule has 14 heavy (non-hydrogen) atoms. The molecule has 2 radical (unpaired) electrons. The maximum Gasteiger partial charge on any atom is 0.433 e. The molecule has 0 aliphatic rings. The molecule has 0 aliphatic heterocycles. The monoisotopic (exact) mass is 216 g/mol. The fraction of sp³-hybridized carbons (Fsp3) is 0.667. The molecule has 0 heterocycles. The molecule has 0 spiro atoms. The summed E-state index contributed by atoms with van der Waals surface area (Å²) < 4.78 is 14.9. The SMILES string of the molecule is C=C(C)C(=O)OCCCO[Si]OCC. The summed E-state index contributed by atoms with van der Waals surface area (Å²) in [5.74, 6) is -0.350. The van der Waals surface area contributed by atoms with Gasteiger partial charge in [-0.25, -0.2) is 4.79 Å². The molecule has 0 amide bonds. The largest absolute Gasteiger partial charge is 0.462 e. The lowest BCUT2D eigenvalue weighted by molar-refractivity contribution is -0.139. The van der Waals surface area contributed by atoms with E-state index in [4.69, 9.17) is 13.6 Å². The molecule has 80 valence electrons. The van der Waals surface area contributed by atoms with Crippen LogP contribution in [0.3, 0.4) is 0 Å². The fourth-order valence-electron chi connectivity index (χ4n) is 0.561. The van der Waals surface area contributed by atoms with Gasteiger partial charge >= 0.3 is 16.0 Å². The third-order valence-electron chi connectivity index (χ3n) is 1.23. The van der Waals surface area contributed by atoms with Crippen LogP contribution in [0, 0.1) is 0 Å². The van der Waals surface area contributed by atoms with E-state index in [-0.39, 0.29) is 16.0 Å². The first-order chi connectivity index (χ1) is 6.68. The first-order valence-corrected chi connectivity index (χ1v) is 5.31. The molecule has 0 atom stereocenters. The number of esters is 1. The zero-order valence-electron chi connectivity index (χ0n) is 8.67. The Morgan fingerprint density at radius 3 is 2.64 bits per heavy atom. The van der Waals surface area contributed by atoms with E-state index in [2.05, 4.69) is 6.58 Å². The van der Waals surface area contributed by atoms with Crippen LogP contribution >= 0.6 is 0 Å². The smallest absolute Gasteiger partial charge is 0.433 e. The average Bonchev–Trinajstić information content (AvgIpc) is 2.16. The normalized spacial score (nSPS) is 9.86. The van der Waals surface area contributed by atoms with E-state index in [1.165, 1.54) is 0 Å². The van der Waals surface area contributed by atoms with Crippen molar-refractivity contribution < 1.29 is 18.4 Å². The predicted octanol–water partition coefficient (Wildman–Crippen LogP) is 1.08. The van der Waals surface area contributed by atoms with Crippen molar-refractivity contribution in [3.63, 3.8) is 0 Å². The summed E-state index contributed by atoms with van der Waals surface area (Å²) in [6.07, 6.45) is 0.680. The molecule has 0 aromatic rings. The van der Waals surface area contributed by atoms with Gasteiger partial charge in [0.05, 0.1) is 6.61 Å². The molecule has 0 fully saturated rings. The highest BCUT2D eigenvalue weighted by Gasteiger charge is 2.01. The van der Waals surface area contributed by atoms with Crippen LogP contribution in [-0.2, 0) is 18.4 Å². The summed E-state index contributed by atoms with van der Waals surface area (Å²) in [6.45, 7) is 8.56. The Morgan fingerprint density at radius 2 is 2.07 bits per heavy atom. The first-order valence-electron chi connectivity index (χ1n) is 4.49. The van der Waals surface area contributed by atoms with Crippen LogP contribution in [-0.4, -0.2) is 35.8 Å². The molecular formula is C9H16O4Si. The standard InChI is InChI=1S/C9H16O4Si/c1-4-12-14-13-7-5-6-11-9(10)8(2)3/h2,4-7H2,1,3H3. The summed E-state index contributed by atoms with van der Waals surface area (Å²) in [5.41, 5.74) is 0.419. The number of ether oxygens (including phenoxy) is 1. The predicted molar refractivity (Wildman–Crippen MR) is 53.7 cm³/mol. The molecule has 5 heteroatoms. The zero-order valence-corrected chi connectivity index (χ0v) is 9.67. The highest BCUT2D eigenvalue weighted by atomic mass is 28.3. The number of rotatable bonds is 8. The van der Waals surface area contributed by atoms with E-state index in [9.17, 15) is 4.79 Å². The van der Waals surface area contributed by atoms with Crippen molar-refractivity contribution in [2.24, 2.45) is 0 Å². The summed E-state index contributed by atoms with van der Waals surface area (Å²) in [7, 11) is 0.0753. The van der Waals surface area contributed by atoms with Crippen LogP contribution in [0.5, 0.6) is 0 Å². The van der Waals surface area contributed by atoms with Gasteiger partial charge in [0.25, 0.3) is 0 Å². The van der Waals surface area contributed by atoms with Crippen molar-refractivity contribution in [2.45, 2.75) is 20.3 Å². The maximum absolute atomic E-state index is 10.9. The highest BCUT2D eigenvalue weighted by Crippen LogP contribution is 1.93. The quantitative estimate of drug-likeness (QED) is 0.264. The molecule has 0 saturated heterocycles. The van der Waals surface area contributed by atoms with Gasteiger partial charge in [0, 0.05) is 25.2 Å². The van der Waals surface area contributed by atoms with Crippen molar-refractivity contribution in [1.82, 2.24) is 0 Å². The lowest BCUT2D eigenvalue weighted by Crippen LogP contribution is -2.10. The van der Waals surface area contributed by atoms with E-state index in [0.717, 1.165) is 0 Å². The van der Waals surface area contributed by atoms with Crippen LogP contribution in [0.2, 0.25) is 0 Å². The lowest BCUT2D eigenvalue weighted by Gasteiger charge is -2.04. The molecule has 4 nitrogen and oxygen atoms in total. The van der Waals surface area contributed by atoms with Crippen molar-refractivity contribution in [3.8, 4) is 0 Å². The Labute approximate surface area is 87.3 Å². The topological polar surface area (TPSA) is 44.8 Å². The second-order valence-electron chi connectivity index (χ2n) is 2.63. The van der Waals surface area contributed by atoms with Gasteiger partial charge in [-0.1, -0.05) is 6.58 Å². The highest BCUT2D eigenvalue weighted by molar-refractivity contribution is 6.17. The Morgan fingerprint density at radius 1 is 1.36 bits per heavy atom. The number of carbonyl (C=O) groups is 1. The summed E-state index contributed by atoms with van der Waals surface area (Å²) in [4.78, 5) is 10.9. The summed E-state index contributed by atoms with van der Waals surface area (Å²) in [5, 5.41) is 0. The average molecular weight is 216 g/mol. The summed E-state index contributed by atoms with van der Waals surface area (Å²) in [6, 6.07) is 0. The molecule has 0 aromatic carbocycles. The van der Waals surface area contributed by atoms with Crippen molar-refractivity contribution in [2.75, 3.05) is 19.8 Å².